The second-order valence-electron chi connectivity index (χ2n) is 4.76. The van der Waals surface area contributed by atoms with Crippen molar-refractivity contribution in [1.29, 1.82) is 0 Å². The molecule has 1 amide bonds. The molecule has 0 aliphatic heterocycles. The number of thioether (sulfide) groups is 1. The van der Waals surface area contributed by atoms with Gasteiger partial charge in [-0.15, -0.1) is 27.1 Å². The van der Waals surface area contributed by atoms with Crippen molar-refractivity contribution in [3.8, 4) is 0 Å². The van der Waals surface area contributed by atoms with Gasteiger partial charge in [0.05, 0.1) is 5.75 Å². The number of halogens is 1. The Morgan fingerprint density at radius 1 is 1.35 bits per heavy atom. The van der Waals surface area contributed by atoms with Crippen LogP contribution in [0, 0.1) is 0 Å². The van der Waals surface area contributed by atoms with Crippen LogP contribution in [0.15, 0.2) is 29.2 Å². The van der Waals surface area contributed by atoms with E-state index in [1.165, 1.54) is 23.1 Å². The summed E-state index contributed by atoms with van der Waals surface area (Å²) >= 11 is 8.60. The van der Waals surface area contributed by atoms with Gasteiger partial charge in [0.25, 0.3) is 0 Å². The molecule has 0 saturated carbocycles. The Bertz CT molecular complexity index is 814. The third kappa shape index (κ3) is 4.01. The van der Waals surface area contributed by atoms with Gasteiger partial charge < -0.3 is 0 Å². The van der Waals surface area contributed by atoms with Crippen molar-refractivity contribution in [2.24, 2.45) is 0 Å². The zero-order valence-electron chi connectivity index (χ0n) is 12.3. The second-order valence-corrected chi connectivity index (χ2v) is 7.20. The van der Waals surface area contributed by atoms with Crippen molar-refractivity contribution < 1.29 is 4.79 Å². The first kappa shape index (κ1) is 16.2. The number of hydrogen-bond donors (Lipinski definition) is 1. The number of carbonyl (C=O) groups excluding carboxylic acids is 1. The van der Waals surface area contributed by atoms with E-state index in [2.05, 4.69) is 27.5 Å². The molecule has 23 heavy (non-hydrogen) atoms. The number of carbonyl (C=O) groups is 1. The van der Waals surface area contributed by atoms with E-state index >= 15 is 0 Å². The van der Waals surface area contributed by atoms with Crippen LogP contribution < -0.4 is 5.32 Å². The van der Waals surface area contributed by atoms with Crippen LogP contribution in [0.25, 0.3) is 4.96 Å². The first-order valence-electron chi connectivity index (χ1n) is 7.05. The molecule has 1 aromatic carbocycles. The van der Waals surface area contributed by atoms with Gasteiger partial charge in [0.1, 0.15) is 0 Å². The number of anilines is 1. The molecule has 120 valence electrons. The number of fused-ring (bicyclic) bond motifs is 1. The molecule has 3 aromatic rings. The molecule has 0 fully saturated rings. The first-order valence-corrected chi connectivity index (χ1v) is 9.23. The maximum Gasteiger partial charge on any atom is 0.236 e. The number of hydrogen-bond acceptors (Lipinski definition) is 6. The van der Waals surface area contributed by atoms with Gasteiger partial charge in [-0.25, -0.2) is 0 Å². The Hall–Kier alpha value is -1.64. The van der Waals surface area contributed by atoms with Crippen LogP contribution in [-0.4, -0.2) is 31.5 Å². The van der Waals surface area contributed by atoms with E-state index in [9.17, 15) is 4.79 Å². The number of nitrogens with one attached hydrogen (secondary N) is 1. The van der Waals surface area contributed by atoms with Crippen LogP contribution in [0.5, 0.6) is 0 Å². The predicted molar refractivity (Wildman–Crippen MR) is 93.5 cm³/mol. The van der Waals surface area contributed by atoms with Crippen molar-refractivity contribution in [2.75, 3.05) is 11.1 Å². The lowest BCUT2D eigenvalue weighted by Gasteiger charge is -2.02. The summed E-state index contributed by atoms with van der Waals surface area (Å²) < 4.78 is 1.69. The molecular weight excluding hydrogens is 354 g/mol. The van der Waals surface area contributed by atoms with Crippen LogP contribution in [0.1, 0.15) is 19.2 Å². The topological polar surface area (TPSA) is 72.2 Å². The van der Waals surface area contributed by atoms with Crippen LogP contribution in [0.3, 0.4) is 0 Å². The summed E-state index contributed by atoms with van der Waals surface area (Å²) in [6.07, 6.45) is 1.78. The Labute approximate surface area is 146 Å². The van der Waals surface area contributed by atoms with Crippen molar-refractivity contribution in [3.63, 3.8) is 0 Å². The minimum absolute atomic E-state index is 0.105. The lowest BCUT2D eigenvalue weighted by molar-refractivity contribution is -0.113. The zero-order chi connectivity index (χ0) is 16.2. The highest BCUT2D eigenvalue weighted by Crippen LogP contribution is 2.22. The summed E-state index contributed by atoms with van der Waals surface area (Å²) in [4.78, 5) is 13.7. The molecule has 0 aliphatic rings. The average molecular weight is 368 g/mol. The lowest BCUT2D eigenvalue weighted by atomic mass is 10.3. The van der Waals surface area contributed by atoms with Crippen molar-refractivity contribution >= 4 is 50.7 Å². The molecule has 0 saturated heterocycles. The molecule has 0 aliphatic carbocycles. The highest BCUT2D eigenvalue weighted by atomic mass is 35.5. The molecule has 0 radical (unpaired) electrons. The molecular formula is C14H14ClN5OS2. The van der Waals surface area contributed by atoms with Crippen LogP contribution in [-0.2, 0) is 11.2 Å². The largest absolute Gasteiger partial charge is 0.300 e. The molecule has 9 heteroatoms. The van der Waals surface area contributed by atoms with E-state index in [1.54, 1.807) is 16.6 Å². The molecule has 2 heterocycles. The quantitative estimate of drug-likeness (QED) is 0.675. The summed E-state index contributed by atoms with van der Waals surface area (Å²) in [6.45, 7) is 2.07. The van der Waals surface area contributed by atoms with E-state index in [-0.39, 0.29) is 5.91 Å². The SMILES string of the molecule is CCCc1nnc2sc(NC(=O)CSc3ccc(Cl)cc3)nn12. The maximum absolute atomic E-state index is 12.0. The summed E-state index contributed by atoms with van der Waals surface area (Å²) in [7, 11) is 0. The highest BCUT2D eigenvalue weighted by molar-refractivity contribution is 8.00. The molecule has 2 aromatic heterocycles. The number of aryl methyl sites for hydroxylation is 1. The lowest BCUT2D eigenvalue weighted by Crippen LogP contribution is -2.14. The highest BCUT2D eigenvalue weighted by Gasteiger charge is 2.13. The predicted octanol–water partition coefficient (Wildman–Crippen LogP) is 3.52. The molecule has 0 spiro atoms. The van der Waals surface area contributed by atoms with E-state index in [4.69, 9.17) is 11.6 Å². The van der Waals surface area contributed by atoms with E-state index in [0.717, 1.165) is 23.6 Å². The van der Waals surface area contributed by atoms with Crippen LogP contribution in [0.4, 0.5) is 5.13 Å². The van der Waals surface area contributed by atoms with Gasteiger partial charge >= 0.3 is 0 Å². The maximum atomic E-state index is 12.0. The van der Waals surface area contributed by atoms with Gasteiger partial charge in [0.2, 0.25) is 16.0 Å². The molecule has 0 bridgehead atoms. The van der Waals surface area contributed by atoms with Crippen molar-refractivity contribution in [1.82, 2.24) is 19.8 Å². The minimum Gasteiger partial charge on any atom is -0.300 e. The van der Waals surface area contributed by atoms with E-state index in [0.29, 0.717) is 20.9 Å². The van der Waals surface area contributed by atoms with Crippen molar-refractivity contribution in [2.45, 2.75) is 24.7 Å². The number of nitrogens with zero attached hydrogens (tertiary/aromatic N) is 4. The Morgan fingerprint density at radius 3 is 2.87 bits per heavy atom. The number of benzene rings is 1. The fraction of sp³-hybridized carbons (Fsp3) is 0.286. The molecule has 1 N–H and O–H groups in total. The molecule has 6 nitrogen and oxygen atoms in total. The third-order valence-corrected chi connectivity index (χ3v) is 5.04. The normalized spacial score (nSPS) is 11.0. The van der Waals surface area contributed by atoms with Gasteiger partial charge in [0.15, 0.2) is 5.82 Å². The molecule has 0 atom stereocenters. The average Bonchev–Trinajstić information content (AvgIpc) is 3.08. The summed E-state index contributed by atoms with van der Waals surface area (Å²) in [5, 5.41) is 16.5. The molecule has 3 rings (SSSR count). The smallest absolute Gasteiger partial charge is 0.236 e. The summed E-state index contributed by atoms with van der Waals surface area (Å²) in [5.74, 6) is 1.02. The standard InChI is InChI=1S/C14H14ClN5OS2/c1-2-3-11-17-18-14-20(11)19-13(23-14)16-12(21)8-22-10-6-4-9(15)5-7-10/h4-7H,2-3,8H2,1H3,(H,16,19,21). The number of amides is 1. The van der Waals surface area contributed by atoms with Gasteiger partial charge in [-0.1, -0.05) is 29.9 Å². The first-order chi connectivity index (χ1) is 11.2. The van der Waals surface area contributed by atoms with Gasteiger partial charge in [-0.2, -0.15) is 4.52 Å². The zero-order valence-corrected chi connectivity index (χ0v) is 14.7. The molecule has 0 unspecified atom stereocenters. The fourth-order valence-corrected chi connectivity index (χ4v) is 3.52. The van der Waals surface area contributed by atoms with Gasteiger partial charge in [-0.05, 0) is 30.7 Å². The second kappa shape index (κ2) is 7.29. The Morgan fingerprint density at radius 2 is 2.13 bits per heavy atom. The fourth-order valence-electron chi connectivity index (χ4n) is 1.92. The van der Waals surface area contributed by atoms with Crippen LogP contribution >= 0.6 is 34.7 Å². The summed E-state index contributed by atoms with van der Waals surface area (Å²) in [6, 6.07) is 7.39. The number of aromatic nitrogens is 4. The van der Waals surface area contributed by atoms with Crippen LogP contribution in [0.2, 0.25) is 5.02 Å². The monoisotopic (exact) mass is 367 g/mol. The Balaban J connectivity index is 1.60. The number of rotatable bonds is 6. The Kier molecular flexibility index (Phi) is 5.14. The third-order valence-electron chi connectivity index (χ3n) is 2.96. The summed E-state index contributed by atoms with van der Waals surface area (Å²) in [5.41, 5.74) is 0. The van der Waals surface area contributed by atoms with E-state index < -0.39 is 0 Å². The van der Waals surface area contributed by atoms with Crippen molar-refractivity contribution in [3.05, 3.63) is 35.1 Å². The van der Waals surface area contributed by atoms with E-state index in [1.807, 2.05) is 12.1 Å². The minimum atomic E-state index is -0.105. The van der Waals surface area contributed by atoms with Gasteiger partial charge in [0, 0.05) is 16.3 Å². The van der Waals surface area contributed by atoms with Gasteiger partial charge in [-0.3, -0.25) is 10.1 Å².